The van der Waals surface area contributed by atoms with Crippen molar-refractivity contribution < 1.29 is 4.92 Å². The molecule has 0 heterocycles. The van der Waals surface area contributed by atoms with Gasteiger partial charge in [0.25, 0.3) is 5.69 Å². The van der Waals surface area contributed by atoms with Crippen LogP contribution in [0.5, 0.6) is 0 Å². The minimum absolute atomic E-state index is 0.0231. The lowest BCUT2D eigenvalue weighted by Crippen LogP contribution is -2.27. The van der Waals surface area contributed by atoms with Crippen LogP contribution < -0.4 is 0 Å². The van der Waals surface area contributed by atoms with E-state index in [0.717, 1.165) is 13.1 Å². The summed E-state index contributed by atoms with van der Waals surface area (Å²) in [6.45, 7) is 5.39. The van der Waals surface area contributed by atoms with Crippen molar-refractivity contribution in [2.75, 3.05) is 13.1 Å². The number of rotatable bonds is 5. The van der Waals surface area contributed by atoms with Crippen LogP contribution in [0.15, 0.2) is 24.3 Å². The number of benzene rings is 1. The maximum atomic E-state index is 10.7. The summed E-state index contributed by atoms with van der Waals surface area (Å²) >= 11 is 0. The average Bonchev–Trinajstić information content (AvgIpc) is 2.35. The van der Waals surface area contributed by atoms with Crippen LogP contribution >= 0.6 is 0 Å². The molecule has 1 unspecified atom stereocenters. The first kappa shape index (κ1) is 13.1. The number of nitriles is 1. The highest BCUT2D eigenvalue weighted by Gasteiger charge is 2.19. The SMILES string of the molecule is CCN(CC)C(C#N)c1cccc([N+](=O)[O-])c1. The van der Waals surface area contributed by atoms with Crippen molar-refractivity contribution >= 4 is 5.69 Å². The van der Waals surface area contributed by atoms with Gasteiger partial charge in [-0.1, -0.05) is 26.0 Å². The summed E-state index contributed by atoms with van der Waals surface area (Å²) in [5, 5.41) is 19.9. The van der Waals surface area contributed by atoms with E-state index in [-0.39, 0.29) is 5.69 Å². The van der Waals surface area contributed by atoms with Gasteiger partial charge in [0, 0.05) is 12.1 Å². The van der Waals surface area contributed by atoms with Crippen LogP contribution in [0, 0.1) is 21.4 Å². The summed E-state index contributed by atoms with van der Waals surface area (Å²) in [4.78, 5) is 12.2. The first-order valence-electron chi connectivity index (χ1n) is 5.52. The minimum atomic E-state index is -0.444. The van der Waals surface area contributed by atoms with E-state index in [9.17, 15) is 15.4 Å². The standard InChI is InChI=1S/C12H15N3O2/c1-3-14(4-2)12(9-13)10-6-5-7-11(8-10)15(16)17/h5-8,12H,3-4H2,1-2H3. The molecule has 1 atom stereocenters. The third-order valence-corrected chi connectivity index (χ3v) is 2.70. The van der Waals surface area contributed by atoms with Gasteiger partial charge in [-0.15, -0.1) is 0 Å². The largest absolute Gasteiger partial charge is 0.285 e. The van der Waals surface area contributed by atoms with E-state index < -0.39 is 11.0 Å². The van der Waals surface area contributed by atoms with Crippen molar-refractivity contribution in [3.05, 3.63) is 39.9 Å². The maximum absolute atomic E-state index is 10.7. The molecule has 1 rings (SSSR count). The van der Waals surface area contributed by atoms with Crippen LogP contribution in [0.2, 0.25) is 0 Å². The fraction of sp³-hybridized carbons (Fsp3) is 0.417. The summed E-state index contributed by atoms with van der Waals surface area (Å²) in [7, 11) is 0. The van der Waals surface area contributed by atoms with Gasteiger partial charge in [-0.25, -0.2) is 0 Å². The van der Waals surface area contributed by atoms with Crippen LogP contribution in [-0.4, -0.2) is 22.9 Å². The van der Waals surface area contributed by atoms with Crippen LogP contribution in [-0.2, 0) is 0 Å². The van der Waals surface area contributed by atoms with Gasteiger partial charge >= 0.3 is 0 Å². The second-order valence-corrected chi connectivity index (χ2v) is 3.60. The Hall–Kier alpha value is -1.93. The number of hydrogen-bond donors (Lipinski definition) is 0. The topological polar surface area (TPSA) is 70.2 Å². The lowest BCUT2D eigenvalue weighted by molar-refractivity contribution is -0.384. The summed E-state index contributed by atoms with van der Waals surface area (Å²) in [6.07, 6.45) is 0. The average molecular weight is 233 g/mol. The van der Waals surface area contributed by atoms with Crippen LogP contribution in [0.3, 0.4) is 0 Å². The van der Waals surface area contributed by atoms with E-state index in [4.69, 9.17) is 0 Å². The molecule has 17 heavy (non-hydrogen) atoms. The summed E-state index contributed by atoms with van der Waals surface area (Å²) in [5.41, 5.74) is 0.695. The van der Waals surface area contributed by atoms with Crippen LogP contribution in [0.1, 0.15) is 25.5 Å². The fourth-order valence-corrected chi connectivity index (χ4v) is 1.76. The molecule has 90 valence electrons. The maximum Gasteiger partial charge on any atom is 0.269 e. The Bertz CT molecular complexity index is 436. The highest BCUT2D eigenvalue weighted by Crippen LogP contribution is 2.23. The highest BCUT2D eigenvalue weighted by molar-refractivity contribution is 5.37. The Morgan fingerprint density at radius 2 is 2.12 bits per heavy atom. The monoisotopic (exact) mass is 233 g/mol. The Balaban J connectivity index is 3.08. The van der Waals surface area contributed by atoms with Crippen LogP contribution in [0.25, 0.3) is 0 Å². The lowest BCUT2D eigenvalue weighted by atomic mass is 10.1. The Morgan fingerprint density at radius 3 is 2.59 bits per heavy atom. The molecule has 0 N–H and O–H groups in total. The molecule has 5 heteroatoms. The van der Waals surface area contributed by atoms with Gasteiger partial charge in [0.05, 0.1) is 11.0 Å². The number of nitro benzene ring substituents is 1. The van der Waals surface area contributed by atoms with Crippen molar-refractivity contribution in [2.24, 2.45) is 0 Å². The molecule has 1 aromatic carbocycles. The molecule has 0 spiro atoms. The molecule has 0 radical (unpaired) electrons. The zero-order valence-electron chi connectivity index (χ0n) is 9.96. The minimum Gasteiger partial charge on any atom is -0.285 e. The molecule has 5 nitrogen and oxygen atoms in total. The fourth-order valence-electron chi connectivity index (χ4n) is 1.76. The zero-order valence-corrected chi connectivity index (χ0v) is 9.96. The normalized spacial score (nSPS) is 12.1. The number of non-ortho nitro benzene ring substituents is 1. The van der Waals surface area contributed by atoms with Crippen molar-refractivity contribution in [1.82, 2.24) is 4.90 Å². The predicted octanol–water partition coefficient (Wildman–Crippen LogP) is 2.50. The van der Waals surface area contributed by atoms with Gasteiger partial charge < -0.3 is 0 Å². The Labute approximate surface area is 100 Å². The molecule has 0 saturated carbocycles. The summed E-state index contributed by atoms with van der Waals surface area (Å²) in [6, 6.07) is 8.02. The van der Waals surface area contributed by atoms with E-state index in [0.29, 0.717) is 5.56 Å². The number of nitro groups is 1. The second-order valence-electron chi connectivity index (χ2n) is 3.60. The first-order chi connectivity index (χ1) is 8.13. The summed E-state index contributed by atoms with van der Waals surface area (Å²) in [5.74, 6) is 0. The van der Waals surface area contributed by atoms with Gasteiger partial charge in [0.2, 0.25) is 0 Å². The first-order valence-corrected chi connectivity index (χ1v) is 5.52. The molecule has 0 bridgehead atoms. The summed E-state index contributed by atoms with van der Waals surface area (Å²) < 4.78 is 0. The molecule has 0 aliphatic rings. The Morgan fingerprint density at radius 1 is 1.47 bits per heavy atom. The van der Waals surface area contributed by atoms with E-state index in [1.165, 1.54) is 12.1 Å². The van der Waals surface area contributed by atoms with Gasteiger partial charge in [-0.2, -0.15) is 5.26 Å². The molecular formula is C12H15N3O2. The van der Waals surface area contributed by atoms with E-state index in [1.54, 1.807) is 12.1 Å². The van der Waals surface area contributed by atoms with E-state index in [1.807, 2.05) is 18.7 Å². The molecular weight excluding hydrogens is 218 g/mol. The quantitative estimate of drug-likeness (QED) is 0.578. The van der Waals surface area contributed by atoms with Crippen LogP contribution in [0.4, 0.5) is 5.69 Å². The lowest BCUT2D eigenvalue weighted by Gasteiger charge is -2.23. The van der Waals surface area contributed by atoms with Gasteiger partial charge in [-0.3, -0.25) is 15.0 Å². The van der Waals surface area contributed by atoms with E-state index in [2.05, 4.69) is 6.07 Å². The predicted molar refractivity (Wildman–Crippen MR) is 64.4 cm³/mol. The van der Waals surface area contributed by atoms with Gasteiger partial charge in [0.15, 0.2) is 0 Å². The third kappa shape index (κ3) is 3.02. The van der Waals surface area contributed by atoms with Crippen molar-refractivity contribution in [3.63, 3.8) is 0 Å². The third-order valence-electron chi connectivity index (χ3n) is 2.70. The van der Waals surface area contributed by atoms with Gasteiger partial charge in [0.1, 0.15) is 6.04 Å². The van der Waals surface area contributed by atoms with E-state index >= 15 is 0 Å². The van der Waals surface area contributed by atoms with Crippen molar-refractivity contribution in [2.45, 2.75) is 19.9 Å². The molecule has 0 aromatic heterocycles. The molecule has 0 saturated heterocycles. The number of nitrogens with zero attached hydrogens (tertiary/aromatic N) is 3. The van der Waals surface area contributed by atoms with Crippen molar-refractivity contribution in [3.8, 4) is 6.07 Å². The van der Waals surface area contributed by atoms with Crippen molar-refractivity contribution in [1.29, 1.82) is 5.26 Å². The molecule has 0 amide bonds. The highest BCUT2D eigenvalue weighted by atomic mass is 16.6. The molecule has 1 aromatic rings. The van der Waals surface area contributed by atoms with Gasteiger partial charge in [-0.05, 0) is 18.7 Å². The number of hydrogen-bond acceptors (Lipinski definition) is 4. The second kappa shape index (κ2) is 5.97. The molecule has 0 aliphatic heterocycles. The molecule has 0 fully saturated rings. The molecule has 0 aliphatic carbocycles. The Kier molecular flexibility index (Phi) is 4.61. The smallest absolute Gasteiger partial charge is 0.269 e. The zero-order chi connectivity index (χ0) is 12.8.